The summed E-state index contributed by atoms with van der Waals surface area (Å²) in [5, 5.41) is 9.40. The molecule has 0 aromatic carbocycles. The van der Waals surface area contributed by atoms with Crippen LogP contribution in [0.2, 0.25) is 0 Å². The fourth-order valence-electron chi connectivity index (χ4n) is 6.34. The van der Waals surface area contributed by atoms with Gasteiger partial charge in [0.25, 0.3) is 0 Å². The minimum Gasteiger partial charge on any atom is -0.442 e. The quantitative estimate of drug-likeness (QED) is 0.0754. The second kappa shape index (κ2) is 14.0. The van der Waals surface area contributed by atoms with Gasteiger partial charge in [0, 0.05) is 12.3 Å². The Morgan fingerprint density at radius 1 is 1.00 bits per heavy atom. The molecule has 2 rings (SSSR count). The highest BCUT2D eigenvalue weighted by molar-refractivity contribution is 6.27. The zero-order chi connectivity index (χ0) is 33.0. The molecular weight excluding hydrogens is 544 g/mol. The van der Waals surface area contributed by atoms with Gasteiger partial charge in [-0.3, -0.25) is 24.4 Å². The minimum absolute atomic E-state index is 0.102. The van der Waals surface area contributed by atoms with Gasteiger partial charge in [0.1, 0.15) is 16.8 Å². The first-order valence-corrected chi connectivity index (χ1v) is 15.6. The van der Waals surface area contributed by atoms with Gasteiger partial charge in [-0.1, -0.05) is 67.9 Å². The van der Waals surface area contributed by atoms with Gasteiger partial charge in [0.15, 0.2) is 5.78 Å². The molecule has 1 aliphatic heterocycles. The number of ketones is 3. The maximum Gasteiger partial charge on any atom is 0.321 e. The third-order valence-corrected chi connectivity index (χ3v) is 9.47. The van der Waals surface area contributed by atoms with Crippen LogP contribution in [0.4, 0.5) is 0 Å². The van der Waals surface area contributed by atoms with Crippen LogP contribution in [0, 0.1) is 28.6 Å². The van der Waals surface area contributed by atoms with Gasteiger partial charge in [0.2, 0.25) is 11.4 Å². The lowest BCUT2D eigenvalue weighted by atomic mass is 9.52. The highest BCUT2D eigenvalue weighted by atomic mass is 17.1. The molecule has 240 valence electrons. The predicted molar refractivity (Wildman–Crippen MR) is 169 cm³/mol. The van der Waals surface area contributed by atoms with Crippen molar-refractivity contribution in [2.45, 2.75) is 126 Å². The van der Waals surface area contributed by atoms with Crippen molar-refractivity contribution in [1.82, 2.24) is 0 Å². The summed E-state index contributed by atoms with van der Waals surface area (Å²) in [4.78, 5) is 62.8. The number of allylic oxidation sites excluding steroid dienone is 6. The Labute approximate surface area is 258 Å². The van der Waals surface area contributed by atoms with Crippen LogP contribution in [0.25, 0.3) is 0 Å². The lowest BCUT2D eigenvalue weighted by molar-refractivity contribution is -0.297. The molecule has 0 aromatic heterocycles. The van der Waals surface area contributed by atoms with E-state index in [2.05, 4.69) is 11.0 Å². The van der Waals surface area contributed by atoms with Gasteiger partial charge in [-0.25, -0.2) is 4.89 Å². The van der Waals surface area contributed by atoms with Crippen molar-refractivity contribution < 1.29 is 34.1 Å². The fourth-order valence-corrected chi connectivity index (χ4v) is 6.34. The molecule has 7 heteroatoms. The van der Waals surface area contributed by atoms with E-state index in [9.17, 15) is 19.6 Å². The number of fused-ring (bicyclic) bond motifs is 2. The van der Waals surface area contributed by atoms with Crippen molar-refractivity contribution in [2.24, 2.45) is 28.6 Å². The number of carbonyl (C=O) groups is 4. The van der Waals surface area contributed by atoms with Crippen molar-refractivity contribution in [3.05, 3.63) is 47.1 Å². The fraction of sp³-hybridized carbons (Fsp3) is 0.667. The highest BCUT2D eigenvalue weighted by Crippen LogP contribution is 2.58. The van der Waals surface area contributed by atoms with Gasteiger partial charge in [0.05, 0.1) is 5.92 Å². The van der Waals surface area contributed by atoms with Crippen LogP contribution in [0.3, 0.4) is 0 Å². The summed E-state index contributed by atoms with van der Waals surface area (Å²) in [5.74, 6) is -4.10. The molecule has 2 fully saturated rings. The van der Waals surface area contributed by atoms with E-state index in [4.69, 9.17) is 4.74 Å². The predicted octanol–water partition coefficient (Wildman–Crippen LogP) is 7.95. The summed E-state index contributed by atoms with van der Waals surface area (Å²) in [6.45, 7) is 20.6. The summed E-state index contributed by atoms with van der Waals surface area (Å²) in [6.07, 6.45) is 10.7. The molecule has 1 saturated carbocycles. The number of carbonyl (C=O) groups excluding carboxylic acids is 4. The van der Waals surface area contributed by atoms with Crippen molar-refractivity contribution in [1.29, 1.82) is 0 Å². The largest absolute Gasteiger partial charge is 0.442 e. The van der Waals surface area contributed by atoms with Crippen LogP contribution < -0.4 is 0 Å². The summed E-state index contributed by atoms with van der Waals surface area (Å²) < 4.78 is 6.03. The van der Waals surface area contributed by atoms with Gasteiger partial charge < -0.3 is 4.74 Å². The van der Waals surface area contributed by atoms with Gasteiger partial charge in [-0.15, -0.1) is 0 Å². The molecule has 1 saturated heterocycles. The van der Waals surface area contributed by atoms with Crippen LogP contribution in [-0.4, -0.2) is 39.8 Å². The molecule has 1 heterocycles. The first kappa shape index (κ1) is 36.6. The summed E-state index contributed by atoms with van der Waals surface area (Å²) in [7, 11) is 0. The smallest absolute Gasteiger partial charge is 0.321 e. The van der Waals surface area contributed by atoms with E-state index in [1.165, 1.54) is 0 Å². The summed E-state index contributed by atoms with van der Waals surface area (Å²) in [5.41, 5.74) is -2.71. The average Bonchev–Trinajstić information content (AvgIpc) is 3.14. The number of hydrogen-bond acceptors (Lipinski definition) is 7. The number of esters is 1. The Hall–Kier alpha value is -2.64. The van der Waals surface area contributed by atoms with Gasteiger partial charge in [-0.05, 0) is 98.8 Å². The first-order valence-electron chi connectivity index (χ1n) is 15.6. The van der Waals surface area contributed by atoms with Crippen molar-refractivity contribution in [2.75, 3.05) is 0 Å². The number of hydrogen-bond donors (Lipinski definition) is 1. The minimum atomic E-state index is -2.07. The maximum atomic E-state index is 15.0. The Balaban J connectivity index is 3.04. The van der Waals surface area contributed by atoms with Crippen LogP contribution in [-0.2, 0) is 28.8 Å². The molecule has 2 bridgehead atoms. The Morgan fingerprint density at radius 3 is 2.07 bits per heavy atom. The van der Waals surface area contributed by atoms with Crippen LogP contribution in [0.5, 0.6) is 0 Å². The molecule has 0 amide bonds. The monoisotopic (exact) mass is 598 g/mol. The third-order valence-electron chi connectivity index (χ3n) is 9.47. The molecule has 1 unspecified atom stereocenters. The SMILES string of the molecule is CCC(C)C(=O)[C@@H]1C(=O)[C@]2(CC=C(C)C)OC(=O)[C@](CC=C(C)C)(C[C@H](CC=C(C)C)[C@]1(C)C/C=C/C(C)(C)OO)C2=O. The zero-order valence-electron chi connectivity index (χ0n) is 28.3. The van der Waals surface area contributed by atoms with Crippen molar-refractivity contribution in [3.63, 3.8) is 0 Å². The van der Waals surface area contributed by atoms with Crippen molar-refractivity contribution >= 4 is 23.3 Å². The van der Waals surface area contributed by atoms with E-state index in [1.54, 1.807) is 26.0 Å². The van der Waals surface area contributed by atoms with E-state index in [0.717, 1.165) is 16.7 Å². The number of rotatable bonds is 13. The summed E-state index contributed by atoms with van der Waals surface area (Å²) >= 11 is 0. The second-order valence-electron chi connectivity index (χ2n) is 14.3. The lowest BCUT2D eigenvalue weighted by Crippen LogP contribution is -2.60. The number of ether oxygens (including phenoxy) is 1. The normalized spacial score (nSPS) is 29.9. The maximum absolute atomic E-state index is 15.0. The molecular formula is C36H54O7. The van der Waals surface area contributed by atoms with E-state index in [0.29, 0.717) is 19.3 Å². The molecule has 0 spiro atoms. The molecule has 1 N–H and O–H groups in total. The molecule has 0 aromatic rings. The van der Waals surface area contributed by atoms with Gasteiger partial charge in [-0.2, -0.15) is 0 Å². The van der Waals surface area contributed by atoms with Crippen LogP contribution in [0.1, 0.15) is 115 Å². The molecule has 7 nitrogen and oxygen atoms in total. The zero-order valence-corrected chi connectivity index (χ0v) is 28.3. The Bertz CT molecular complexity index is 1210. The molecule has 6 atom stereocenters. The third kappa shape index (κ3) is 7.54. The van der Waals surface area contributed by atoms with Gasteiger partial charge >= 0.3 is 5.97 Å². The van der Waals surface area contributed by atoms with E-state index in [1.807, 2.05) is 74.5 Å². The highest BCUT2D eigenvalue weighted by Gasteiger charge is 2.72. The van der Waals surface area contributed by atoms with E-state index in [-0.39, 0.29) is 25.0 Å². The summed E-state index contributed by atoms with van der Waals surface area (Å²) in [6, 6.07) is 0. The lowest BCUT2D eigenvalue weighted by Gasteiger charge is -2.48. The molecule has 0 radical (unpaired) electrons. The molecule has 43 heavy (non-hydrogen) atoms. The van der Waals surface area contributed by atoms with Crippen LogP contribution in [0.15, 0.2) is 47.1 Å². The average molecular weight is 599 g/mol. The van der Waals surface area contributed by atoms with E-state index < -0.39 is 57.3 Å². The topological polar surface area (TPSA) is 107 Å². The first-order chi connectivity index (χ1) is 19.8. The standard InChI is InChI=1S/C36H54O7/c1-12-26(8)29(37)28-30(38)36(21-17-25(6)7)31(39)35(32(40)42-36,20-16-24(4)5)22-27(15-14-23(2)3)34(28,11)19-13-18-33(9,10)43-41/h13-14,16-18,26-28,41H,12,15,19-22H2,1-11H3/b18-13+/t26?,27-,28+,34-,35+,36-/m0/s1. The Morgan fingerprint density at radius 2 is 1.56 bits per heavy atom. The number of Topliss-reactive ketones (excluding diaryl/α,β-unsaturated/α-hetero) is 3. The molecule has 1 aliphatic carbocycles. The second-order valence-corrected chi connectivity index (χ2v) is 14.3. The van der Waals surface area contributed by atoms with Crippen molar-refractivity contribution in [3.8, 4) is 0 Å². The Kier molecular flexibility index (Phi) is 11.9. The van der Waals surface area contributed by atoms with Crippen LogP contribution >= 0.6 is 0 Å². The van der Waals surface area contributed by atoms with E-state index >= 15 is 4.79 Å². The molecule has 2 aliphatic rings.